The quantitative estimate of drug-likeness (QED) is 0.500. The second kappa shape index (κ2) is 6.04. The van der Waals surface area contributed by atoms with Crippen LogP contribution in [0.4, 0.5) is 0 Å². The van der Waals surface area contributed by atoms with Crippen molar-refractivity contribution < 1.29 is 0 Å². The van der Waals surface area contributed by atoms with Gasteiger partial charge in [0.25, 0.3) is 0 Å². The highest BCUT2D eigenvalue weighted by molar-refractivity contribution is 6.01. The Bertz CT molecular complexity index is 124. The SMILES string of the molecule is CCCC(=N)CC(=N)CCN. The molecule has 0 rings (SSSR count). The molecular formula is C8H17N3. The molecule has 0 saturated heterocycles. The first kappa shape index (κ1) is 10.3. The van der Waals surface area contributed by atoms with E-state index >= 15 is 0 Å². The minimum Gasteiger partial charge on any atom is -0.330 e. The molecule has 0 heterocycles. The third-order valence-corrected chi connectivity index (χ3v) is 1.42. The van der Waals surface area contributed by atoms with Crippen molar-refractivity contribution in [3.8, 4) is 0 Å². The Morgan fingerprint density at radius 3 is 2.18 bits per heavy atom. The van der Waals surface area contributed by atoms with Gasteiger partial charge in [0.1, 0.15) is 0 Å². The molecule has 0 unspecified atom stereocenters. The summed E-state index contributed by atoms with van der Waals surface area (Å²) in [6, 6.07) is 0. The third-order valence-electron chi connectivity index (χ3n) is 1.42. The van der Waals surface area contributed by atoms with Gasteiger partial charge in [-0.3, -0.25) is 0 Å². The molecule has 4 N–H and O–H groups in total. The van der Waals surface area contributed by atoms with Crippen LogP contribution in [0.1, 0.15) is 32.6 Å². The summed E-state index contributed by atoms with van der Waals surface area (Å²) in [7, 11) is 0. The van der Waals surface area contributed by atoms with Gasteiger partial charge >= 0.3 is 0 Å². The van der Waals surface area contributed by atoms with Gasteiger partial charge in [-0.1, -0.05) is 13.3 Å². The van der Waals surface area contributed by atoms with Crippen molar-refractivity contribution in [2.24, 2.45) is 5.73 Å². The molecule has 0 aromatic carbocycles. The Morgan fingerprint density at radius 2 is 1.73 bits per heavy atom. The summed E-state index contributed by atoms with van der Waals surface area (Å²) in [5.74, 6) is 0. The first-order valence-electron chi connectivity index (χ1n) is 4.03. The summed E-state index contributed by atoms with van der Waals surface area (Å²) in [5.41, 5.74) is 6.51. The van der Waals surface area contributed by atoms with Crippen molar-refractivity contribution in [2.75, 3.05) is 6.54 Å². The maximum atomic E-state index is 7.42. The molecule has 64 valence electrons. The number of nitrogens with two attached hydrogens (primary N) is 1. The summed E-state index contributed by atoms with van der Waals surface area (Å²) in [6.45, 7) is 2.57. The molecular weight excluding hydrogens is 138 g/mol. The maximum absolute atomic E-state index is 7.42. The zero-order valence-corrected chi connectivity index (χ0v) is 7.11. The van der Waals surface area contributed by atoms with Gasteiger partial charge < -0.3 is 16.6 Å². The van der Waals surface area contributed by atoms with Gasteiger partial charge in [-0.15, -0.1) is 0 Å². The van der Waals surface area contributed by atoms with Gasteiger partial charge in [-0.05, 0) is 19.4 Å². The molecule has 11 heavy (non-hydrogen) atoms. The zero-order valence-electron chi connectivity index (χ0n) is 7.11. The van der Waals surface area contributed by atoms with E-state index in [1.807, 2.05) is 6.92 Å². The third kappa shape index (κ3) is 5.73. The molecule has 0 spiro atoms. The molecule has 0 aliphatic rings. The average molecular weight is 155 g/mol. The van der Waals surface area contributed by atoms with E-state index in [0.717, 1.165) is 12.8 Å². The van der Waals surface area contributed by atoms with Crippen LogP contribution in [-0.2, 0) is 0 Å². The molecule has 0 aliphatic carbocycles. The Morgan fingerprint density at radius 1 is 1.18 bits per heavy atom. The van der Waals surface area contributed by atoms with Crippen LogP contribution >= 0.6 is 0 Å². The van der Waals surface area contributed by atoms with Crippen molar-refractivity contribution >= 4 is 11.4 Å². The standard InChI is InChI=1S/C8H17N3/c1-2-3-7(10)6-8(11)4-5-9/h10-11H,2-6,9H2,1H3. The summed E-state index contributed by atoms with van der Waals surface area (Å²) >= 11 is 0. The van der Waals surface area contributed by atoms with Crippen LogP contribution in [-0.4, -0.2) is 18.0 Å². The van der Waals surface area contributed by atoms with Gasteiger partial charge in [0.2, 0.25) is 0 Å². The predicted octanol–water partition coefficient (Wildman–Crippen LogP) is 1.56. The first-order chi connectivity index (χ1) is 5.20. The van der Waals surface area contributed by atoms with Crippen molar-refractivity contribution in [1.29, 1.82) is 10.8 Å². The molecule has 0 saturated carbocycles. The van der Waals surface area contributed by atoms with Crippen molar-refractivity contribution in [3.63, 3.8) is 0 Å². The first-order valence-corrected chi connectivity index (χ1v) is 4.03. The van der Waals surface area contributed by atoms with Crippen molar-refractivity contribution in [2.45, 2.75) is 32.6 Å². The van der Waals surface area contributed by atoms with Gasteiger partial charge in [0.15, 0.2) is 0 Å². The van der Waals surface area contributed by atoms with Crippen molar-refractivity contribution in [1.82, 2.24) is 0 Å². The van der Waals surface area contributed by atoms with E-state index in [-0.39, 0.29) is 0 Å². The molecule has 0 amide bonds. The zero-order chi connectivity index (χ0) is 8.69. The normalized spacial score (nSPS) is 9.64. The number of hydrogen-bond acceptors (Lipinski definition) is 3. The van der Waals surface area contributed by atoms with E-state index in [1.54, 1.807) is 0 Å². The minimum absolute atomic E-state index is 0.519. The van der Waals surface area contributed by atoms with Crippen LogP contribution in [0, 0.1) is 10.8 Å². The molecule has 0 atom stereocenters. The Kier molecular flexibility index (Phi) is 5.65. The van der Waals surface area contributed by atoms with E-state index in [1.165, 1.54) is 0 Å². The molecule has 0 radical (unpaired) electrons. The predicted molar refractivity (Wildman–Crippen MR) is 48.6 cm³/mol. The van der Waals surface area contributed by atoms with E-state index in [2.05, 4.69) is 0 Å². The highest BCUT2D eigenvalue weighted by Gasteiger charge is 1.99. The summed E-state index contributed by atoms with van der Waals surface area (Å²) in [6.07, 6.45) is 2.96. The Balaban J connectivity index is 3.49. The highest BCUT2D eigenvalue weighted by atomic mass is 14.5. The molecule has 3 nitrogen and oxygen atoms in total. The van der Waals surface area contributed by atoms with E-state index < -0.39 is 0 Å². The Hall–Kier alpha value is -0.700. The molecule has 0 aromatic rings. The van der Waals surface area contributed by atoms with Gasteiger partial charge in [0, 0.05) is 17.8 Å². The fourth-order valence-corrected chi connectivity index (χ4v) is 0.910. The monoisotopic (exact) mass is 155 g/mol. The molecule has 0 fully saturated rings. The smallest absolute Gasteiger partial charge is 0.0230 e. The molecule has 3 heteroatoms. The number of nitrogens with one attached hydrogen (secondary N) is 2. The van der Waals surface area contributed by atoms with Crippen LogP contribution in [0.25, 0.3) is 0 Å². The number of rotatable bonds is 6. The lowest BCUT2D eigenvalue weighted by Gasteiger charge is -2.02. The lowest BCUT2D eigenvalue weighted by molar-refractivity contribution is 0.961. The lowest BCUT2D eigenvalue weighted by Crippen LogP contribution is -2.11. The topological polar surface area (TPSA) is 73.7 Å². The van der Waals surface area contributed by atoms with Gasteiger partial charge in [-0.25, -0.2) is 0 Å². The van der Waals surface area contributed by atoms with Gasteiger partial charge in [0.05, 0.1) is 0 Å². The molecule has 0 aromatic heterocycles. The second-order valence-corrected chi connectivity index (χ2v) is 2.67. The van der Waals surface area contributed by atoms with Crippen LogP contribution < -0.4 is 5.73 Å². The van der Waals surface area contributed by atoms with E-state index in [4.69, 9.17) is 16.6 Å². The van der Waals surface area contributed by atoms with E-state index in [0.29, 0.717) is 30.8 Å². The summed E-state index contributed by atoms with van der Waals surface area (Å²) in [5, 5.41) is 14.8. The van der Waals surface area contributed by atoms with Crippen LogP contribution in [0.3, 0.4) is 0 Å². The average Bonchev–Trinajstić information content (AvgIpc) is 1.87. The van der Waals surface area contributed by atoms with Crippen molar-refractivity contribution in [3.05, 3.63) is 0 Å². The lowest BCUT2D eigenvalue weighted by atomic mass is 10.1. The van der Waals surface area contributed by atoms with Crippen LogP contribution in [0.15, 0.2) is 0 Å². The van der Waals surface area contributed by atoms with Gasteiger partial charge in [-0.2, -0.15) is 0 Å². The Labute approximate surface area is 68.0 Å². The number of hydrogen-bond donors (Lipinski definition) is 3. The van der Waals surface area contributed by atoms with E-state index in [9.17, 15) is 0 Å². The molecule has 0 aliphatic heterocycles. The van der Waals surface area contributed by atoms with Crippen LogP contribution in [0.2, 0.25) is 0 Å². The highest BCUT2D eigenvalue weighted by Crippen LogP contribution is 1.97. The fourth-order valence-electron chi connectivity index (χ4n) is 0.910. The minimum atomic E-state index is 0.519. The maximum Gasteiger partial charge on any atom is 0.0230 e. The largest absolute Gasteiger partial charge is 0.330 e. The fraction of sp³-hybridized carbons (Fsp3) is 0.750. The van der Waals surface area contributed by atoms with Crippen LogP contribution in [0.5, 0.6) is 0 Å². The second-order valence-electron chi connectivity index (χ2n) is 2.67. The molecule has 0 bridgehead atoms. The summed E-state index contributed by atoms with van der Waals surface area (Å²) in [4.78, 5) is 0. The summed E-state index contributed by atoms with van der Waals surface area (Å²) < 4.78 is 0.